The Kier molecular flexibility index (Phi) is 7.32. The van der Waals surface area contributed by atoms with Gasteiger partial charge in [-0.05, 0) is 12.1 Å². The summed E-state index contributed by atoms with van der Waals surface area (Å²) in [4.78, 5) is 4.15. The maximum atomic E-state index is 5.89. The molecule has 1 aliphatic heterocycles. The summed E-state index contributed by atoms with van der Waals surface area (Å²) < 4.78 is 0. The van der Waals surface area contributed by atoms with Gasteiger partial charge in [-0.15, -0.1) is 24.8 Å². The van der Waals surface area contributed by atoms with Crippen LogP contribution in [0, 0.1) is 0 Å². The number of nitrogens with zero attached hydrogens (tertiary/aromatic N) is 1. The van der Waals surface area contributed by atoms with Gasteiger partial charge in [0.05, 0.1) is 28.0 Å². The summed E-state index contributed by atoms with van der Waals surface area (Å²) in [5.74, 6) is 0.698. The van der Waals surface area contributed by atoms with Gasteiger partial charge < -0.3 is 11.1 Å². The standard InChI is InChI=1S/C9H11Cl2N5.2ClH/c10-6-3-5(4-7(11)8(6)12)15-16-9-13-1-2-14-9;;/h3-4,15H,1-2,12H2,(H2,13,14,16);2*1H. The van der Waals surface area contributed by atoms with Crippen molar-refractivity contribution in [1.29, 1.82) is 0 Å². The monoisotopic (exact) mass is 331 g/mol. The molecule has 0 fully saturated rings. The normalized spacial score (nSPS) is 12.7. The van der Waals surface area contributed by atoms with Crippen LogP contribution in [0.15, 0.2) is 17.1 Å². The van der Waals surface area contributed by atoms with E-state index in [9.17, 15) is 0 Å². The predicted molar refractivity (Wildman–Crippen MR) is 82.4 cm³/mol. The minimum Gasteiger partial charge on any atom is -0.396 e. The second kappa shape index (κ2) is 7.63. The Balaban J connectivity index is 0.00000144. The lowest BCUT2D eigenvalue weighted by molar-refractivity contribution is 0.937. The molecule has 1 aromatic carbocycles. The van der Waals surface area contributed by atoms with Crippen molar-refractivity contribution in [3.8, 4) is 0 Å². The van der Waals surface area contributed by atoms with Crippen LogP contribution in [-0.4, -0.2) is 19.0 Å². The van der Waals surface area contributed by atoms with Crippen LogP contribution in [0.4, 0.5) is 11.4 Å². The lowest BCUT2D eigenvalue weighted by Gasteiger charge is -2.11. The third-order valence-corrected chi connectivity index (χ3v) is 2.70. The summed E-state index contributed by atoms with van der Waals surface area (Å²) in [6.07, 6.45) is 0. The Morgan fingerprint density at radius 3 is 2.28 bits per heavy atom. The quantitative estimate of drug-likeness (QED) is 0.495. The Morgan fingerprint density at radius 2 is 1.78 bits per heavy atom. The van der Waals surface area contributed by atoms with Gasteiger partial charge in [0.1, 0.15) is 0 Å². The first-order chi connectivity index (χ1) is 7.66. The van der Waals surface area contributed by atoms with Crippen molar-refractivity contribution in [1.82, 2.24) is 10.7 Å². The number of nitrogens with one attached hydrogen (secondary N) is 3. The van der Waals surface area contributed by atoms with Gasteiger partial charge >= 0.3 is 0 Å². The summed E-state index contributed by atoms with van der Waals surface area (Å²) >= 11 is 11.8. The molecule has 0 aliphatic carbocycles. The van der Waals surface area contributed by atoms with E-state index in [4.69, 9.17) is 28.9 Å². The lowest BCUT2D eigenvalue weighted by atomic mass is 10.3. The van der Waals surface area contributed by atoms with E-state index in [-0.39, 0.29) is 24.8 Å². The third-order valence-electron chi connectivity index (χ3n) is 2.08. The molecule has 102 valence electrons. The minimum atomic E-state index is 0. The number of aliphatic imine (C=N–C) groups is 1. The second-order valence-corrected chi connectivity index (χ2v) is 4.08. The van der Waals surface area contributed by atoms with Gasteiger partial charge in [0.25, 0.3) is 0 Å². The zero-order chi connectivity index (χ0) is 11.5. The third kappa shape index (κ3) is 4.17. The number of hydrazine groups is 1. The highest BCUT2D eigenvalue weighted by atomic mass is 35.5. The minimum absolute atomic E-state index is 0. The van der Waals surface area contributed by atoms with Crippen LogP contribution in [0.5, 0.6) is 0 Å². The van der Waals surface area contributed by atoms with Crippen molar-refractivity contribution in [3.05, 3.63) is 22.2 Å². The fourth-order valence-corrected chi connectivity index (χ4v) is 1.76. The molecule has 2 rings (SSSR count). The van der Waals surface area contributed by atoms with E-state index in [0.29, 0.717) is 21.7 Å². The Labute approximate surface area is 127 Å². The maximum absolute atomic E-state index is 5.89. The largest absolute Gasteiger partial charge is 0.396 e. The summed E-state index contributed by atoms with van der Waals surface area (Å²) in [5, 5.41) is 3.88. The van der Waals surface area contributed by atoms with Crippen molar-refractivity contribution in [2.24, 2.45) is 4.99 Å². The van der Waals surface area contributed by atoms with Gasteiger partial charge in [-0.2, -0.15) is 0 Å². The number of nitrogens with two attached hydrogens (primary N) is 1. The van der Waals surface area contributed by atoms with Gasteiger partial charge in [-0.25, -0.2) is 0 Å². The first-order valence-electron chi connectivity index (χ1n) is 4.71. The second-order valence-electron chi connectivity index (χ2n) is 3.26. The fraction of sp³-hybridized carbons (Fsp3) is 0.222. The molecule has 0 spiro atoms. The van der Waals surface area contributed by atoms with Gasteiger partial charge in [-0.3, -0.25) is 15.8 Å². The first kappa shape index (κ1) is 17.2. The molecular formula is C9H13Cl4N5. The van der Waals surface area contributed by atoms with Gasteiger partial charge in [-0.1, -0.05) is 23.2 Å². The number of nitrogen functional groups attached to an aromatic ring is 1. The van der Waals surface area contributed by atoms with Crippen molar-refractivity contribution < 1.29 is 0 Å². The molecule has 1 aromatic rings. The molecule has 18 heavy (non-hydrogen) atoms. The molecule has 1 aliphatic rings. The highest BCUT2D eigenvalue weighted by Gasteiger charge is 2.06. The van der Waals surface area contributed by atoms with Gasteiger partial charge in [0, 0.05) is 6.54 Å². The van der Waals surface area contributed by atoms with Crippen molar-refractivity contribution >= 4 is 65.4 Å². The molecule has 0 unspecified atom stereocenters. The van der Waals surface area contributed by atoms with E-state index in [1.54, 1.807) is 12.1 Å². The fourth-order valence-electron chi connectivity index (χ4n) is 1.27. The zero-order valence-electron chi connectivity index (χ0n) is 9.17. The molecule has 0 amide bonds. The number of halogens is 4. The highest BCUT2D eigenvalue weighted by molar-refractivity contribution is 6.39. The Morgan fingerprint density at radius 1 is 1.17 bits per heavy atom. The lowest BCUT2D eigenvalue weighted by Crippen LogP contribution is -2.37. The molecule has 0 atom stereocenters. The maximum Gasteiger partial charge on any atom is 0.210 e. The van der Waals surface area contributed by atoms with E-state index in [1.807, 2.05) is 0 Å². The van der Waals surface area contributed by atoms with Gasteiger partial charge in [0.2, 0.25) is 5.96 Å². The number of benzene rings is 1. The summed E-state index contributed by atoms with van der Waals surface area (Å²) in [6.45, 7) is 1.61. The summed E-state index contributed by atoms with van der Waals surface area (Å²) in [5.41, 5.74) is 12.6. The number of anilines is 2. The van der Waals surface area contributed by atoms with Crippen molar-refractivity contribution in [2.75, 3.05) is 24.2 Å². The van der Waals surface area contributed by atoms with Crippen LogP contribution in [-0.2, 0) is 0 Å². The SMILES string of the molecule is Cl.Cl.Nc1c(Cl)cc(NNC2=NCCN2)cc1Cl. The van der Waals surface area contributed by atoms with E-state index < -0.39 is 0 Å². The highest BCUT2D eigenvalue weighted by Crippen LogP contribution is 2.30. The van der Waals surface area contributed by atoms with Gasteiger partial charge in [0.15, 0.2) is 0 Å². The molecule has 5 N–H and O–H groups in total. The Hall–Kier alpha value is -0.750. The molecule has 5 nitrogen and oxygen atoms in total. The number of rotatable bonds is 2. The predicted octanol–water partition coefficient (Wildman–Crippen LogP) is 2.29. The van der Waals surface area contributed by atoms with Crippen LogP contribution in [0.3, 0.4) is 0 Å². The van der Waals surface area contributed by atoms with Crippen LogP contribution >= 0.6 is 48.0 Å². The van der Waals surface area contributed by atoms with Crippen LogP contribution in [0.2, 0.25) is 10.0 Å². The van der Waals surface area contributed by atoms with Crippen LogP contribution in [0.25, 0.3) is 0 Å². The average Bonchev–Trinajstić information content (AvgIpc) is 2.75. The summed E-state index contributed by atoms with van der Waals surface area (Å²) in [7, 11) is 0. The number of hydrogen-bond donors (Lipinski definition) is 4. The van der Waals surface area contributed by atoms with E-state index in [1.165, 1.54) is 0 Å². The van der Waals surface area contributed by atoms with E-state index >= 15 is 0 Å². The number of guanidine groups is 1. The molecule has 0 radical (unpaired) electrons. The molecule has 0 aromatic heterocycles. The first-order valence-corrected chi connectivity index (χ1v) is 5.47. The topological polar surface area (TPSA) is 74.5 Å². The van der Waals surface area contributed by atoms with E-state index in [0.717, 1.165) is 18.8 Å². The van der Waals surface area contributed by atoms with E-state index in [2.05, 4.69) is 21.2 Å². The zero-order valence-corrected chi connectivity index (χ0v) is 12.3. The molecule has 1 heterocycles. The van der Waals surface area contributed by atoms with Crippen LogP contribution < -0.4 is 21.9 Å². The molecular weight excluding hydrogens is 320 g/mol. The summed E-state index contributed by atoms with van der Waals surface area (Å²) in [6, 6.07) is 3.37. The average molecular weight is 333 g/mol. The molecule has 0 bridgehead atoms. The van der Waals surface area contributed by atoms with Crippen molar-refractivity contribution in [3.63, 3.8) is 0 Å². The molecule has 0 saturated carbocycles. The Bertz CT molecular complexity index is 414. The molecule has 9 heteroatoms. The number of hydrogen-bond acceptors (Lipinski definition) is 5. The van der Waals surface area contributed by atoms with Crippen molar-refractivity contribution in [2.45, 2.75) is 0 Å². The molecule has 0 saturated heterocycles. The smallest absolute Gasteiger partial charge is 0.210 e. The van der Waals surface area contributed by atoms with Crippen LogP contribution in [0.1, 0.15) is 0 Å².